The van der Waals surface area contributed by atoms with Crippen LogP contribution in [-0.2, 0) is 10.4 Å². The number of rotatable bonds is 6. The van der Waals surface area contributed by atoms with Crippen LogP contribution in [0.1, 0.15) is 50.3 Å². The molecule has 0 saturated heterocycles. The van der Waals surface area contributed by atoms with E-state index in [1.54, 1.807) is 38.1 Å². The topological polar surface area (TPSA) is 58.6 Å². The van der Waals surface area contributed by atoms with Crippen LogP contribution < -0.4 is 10.1 Å². The number of aryl methyl sites for hydroxylation is 1. The number of hydrogen-bond acceptors (Lipinski definition) is 3. The van der Waals surface area contributed by atoms with E-state index in [1.165, 1.54) is 0 Å². The lowest BCUT2D eigenvalue weighted by Gasteiger charge is -2.18. The van der Waals surface area contributed by atoms with Crippen LogP contribution in [0, 0.1) is 6.92 Å². The molecule has 0 unspecified atom stereocenters. The maximum Gasteiger partial charge on any atom is 0.262 e. The van der Waals surface area contributed by atoms with E-state index in [0.29, 0.717) is 11.7 Å². The first-order valence-corrected chi connectivity index (χ1v) is 8.53. The summed E-state index contributed by atoms with van der Waals surface area (Å²) in [5, 5.41) is 12.9. The van der Waals surface area contributed by atoms with Gasteiger partial charge >= 0.3 is 0 Å². The van der Waals surface area contributed by atoms with E-state index in [9.17, 15) is 9.90 Å². The molecule has 0 spiro atoms. The second-order valence-corrected chi connectivity index (χ2v) is 7.11. The SMILES string of the molecule is Cc1cccc(C(C)C)c1NC(=O)COc1ccc(C(C)(C)O)cc1. The van der Waals surface area contributed by atoms with Gasteiger partial charge in [-0.2, -0.15) is 0 Å². The third-order valence-electron chi connectivity index (χ3n) is 4.12. The van der Waals surface area contributed by atoms with Crippen LogP contribution in [0.2, 0.25) is 0 Å². The fraction of sp³-hybridized carbons (Fsp3) is 0.381. The zero-order chi connectivity index (χ0) is 18.6. The van der Waals surface area contributed by atoms with Gasteiger partial charge in [0.2, 0.25) is 0 Å². The summed E-state index contributed by atoms with van der Waals surface area (Å²) in [6, 6.07) is 13.1. The Labute approximate surface area is 149 Å². The number of nitrogens with one attached hydrogen (secondary N) is 1. The summed E-state index contributed by atoms with van der Waals surface area (Å²) in [5.74, 6) is 0.727. The maximum absolute atomic E-state index is 12.3. The summed E-state index contributed by atoms with van der Waals surface area (Å²) in [7, 11) is 0. The summed E-state index contributed by atoms with van der Waals surface area (Å²) in [6.45, 7) is 9.58. The van der Waals surface area contributed by atoms with Gasteiger partial charge in [-0.25, -0.2) is 0 Å². The summed E-state index contributed by atoms with van der Waals surface area (Å²) in [6.07, 6.45) is 0. The highest BCUT2D eigenvalue weighted by atomic mass is 16.5. The number of para-hydroxylation sites is 1. The number of aliphatic hydroxyl groups is 1. The quantitative estimate of drug-likeness (QED) is 0.820. The molecule has 0 fully saturated rings. The van der Waals surface area contributed by atoms with Crippen LogP contribution in [0.25, 0.3) is 0 Å². The van der Waals surface area contributed by atoms with Crippen LogP contribution in [-0.4, -0.2) is 17.6 Å². The van der Waals surface area contributed by atoms with E-state index < -0.39 is 5.60 Å². The Morgan fingerprint density at radius 3 is 2.36 bits per heavy atom. The van der Waals surface area contributed by atoms with E-state index in [-0.39, 0.29) is 12.5 Å². The van der Waals surface area contributed by atoms with Crippen molar-refractivity contribution in [2.75, 3.05) is 11.9 Å². The van der Waals surface area contributed by atoms with Crippen molar-refractivity contribution in [2.45, 2.75) is 46.1 Å². The lowest BCUT2D eigenvalue weighted by Crippen LogP contribution is -2.22. The van der Waals surface area contributed by atoms with Crippen LogP contribution in [0.4, 0.5) is 5.69 Å². The molecule has 2 aromatic carbocycles. The zero-order valence-corrected chi connectivity index (χ0v) is 15.6. The van der Waals surface area contributed by atoms with Gasteiger partial charge in [-0.05, 0) is 55.5 Å². The largest absolute Gasteiger partial charge is 0.484 e. The fourth-order valence-corrected chi connectivity index (χ4v) is 2.63. The molecular weight excluding hydrogens is 314 g/mol. The van der Waals surface area contributed by atoms with Gasteiger partial charge in [-0.15, -0.1) is 0 Å². The molecule has 0 bridgehead atoms. The first-order chi connectivity index (χ1) is 11.7. The van der Waals surface area contributed by atoms with E-state index >= 15 is 0 Å². The van der Waals surface area contributed by atoms with Crippen molar-refractivity contribution in [3.8, 4) is 5.75 Å². The Bertz CT molecular complexity index is 728. The molecule has 0 atom stereocenters. The lowest BCUT2D eigenvalue weighted by molar-refractivity contribution is -0.118. The van der Waals surface area contributed by atoms with E-state index in [0.717, 1.165) is 22.4 Å². The summed E-state index contributed by atoms with van der Waals surface area (Å²) in [4.78, 5) is 12.3. The normalized spacial score (nSPS) is 11.5. The lowest BCUT2D eigenvalue weighted by atomic mass is 9.98. The van der Waals surface area contributed by atoms with Gasteiger partial charge in [0.1, 0.15) is 5.75 Å². The minimum Gasteiger partial charge on any atom is -0.484 e. The molecule has 2 N–H and O–H groups in total. The molecule has 2 aromatic rings. The Hall–Kier alpha value is -2.33. The summed E-state index contributed by atoms with van der Waals surface area (Å²) < 4.78 is 5.55. The van der Waals surface area contributed by atoms with Gasteiger partial charge in [-0.1, -0.05) is 44.2 Å². The molecule has 0 aliphatic heterocycles. The van der Waals surface area contributed by atoms with Crippen LogP contribution in [0.15, 0.2) is 42.5 Å². The van der Waals surface area contributed by atoms with E-state index in [4.69, 9.17) is 4.74 Å². The number of anilines is 1. The third-order valence-corrected chi connectivity index (χ3v) is 4.12. The minimum atomic E-state index is -0.895. The van der Waals surface area contributed by atoms with Crippen LogP contribution in [0.3, 0.4) is 0 Å². The second kappa shape index (κ2) is 7.70. The first-order valence-electron chi connectivity index (χ1n) is 8.53. The predicted molar refractivity (Wildman–Crippen MR) is 101 cm³/mol. The van der Waals surface area contributed by atoms with Gasteiger partial charge in [-0.3, -0.25) is 4.79 Å². The highest BCUT2D eigenvalue weighted by Crippen LogP contribution is 2.27. The Balaban J connectivity index is 2.00. The molecule has 25 heavy (non-hydrogen) atoms. The van der Waals surface area contributed by atoms with Crippen molar-refractivity contribution in [1.82, 2.24) is 0 Å². The van der Waals surface area contributed by atoms with Gasteiger partial charge in [0.05, 0.1) is 5.60 Å². The molecule has 0 radical (unpaired) electrons. The predicted octanol–water partition coefficient (Wildman–Crippen LogP) is 4.36. The Kier molecular flexibility index (Phi) is 5.85. The molecule has 0 saturated carbocycles. The molecule has 2 rings (SSSR count). The van der Waals surface area contributed by atoms with Crippen molar-refractivity contribution in [1.29, 1.82) is 0 Å². The molecule has 0 aliphatic rings. The zero-order valence-electron chi connectivity index (χ0n) is 15.6. The molecule has 4 nitrogen and oxygen atoms in total. The molecular formula is C21H27NO3. The van der Waals surface area contributed by atoms with Crippen molar-refractivity contribution < 1.29 is 14.6 Å². The van der Waals surface area contributed by atoms with Crippen LogP contribution in [0.5, 0.6) is 5.75 Å². The van der Waals surface area contributed by atoms with Crippen molar-refractivity contribution in [3.63, 3.8) is 0 Å². The number of amides is 1. The summed E-state index contributed by atoms with van der Waals surface area (Å²) >= 11 is 0. The maximum atomic E-state index is 12.3. The second-order valence-electron chi connectivity index (χ2n) is 7.11. The average molecular weight is 341 g/mol. The molecule has 134 valence electrons. The Morgan fingerprint density at radius 1 is 1.16 bits per heavy atom. The van der Waals surface area contributed by atoms with Crippen molar-refractivity contribution in [2.24, 2.45) is 0 Å². The first kappa shape index (κ1) is 19.0. The van der Waals surface area contributed by atoms with E-state index in [1.807, 2.05) is 25.1 Å². The third kappa shape index (κ3) is 5.07. The number of ether oxygens (including phenoxy) is 1. The highest BCUT2D eigenvalue weighted by molar-refractivity contribution is 5.93. The number of carbonyl (C=O) groups is 1. The van der Waals surface area contributed by atoms with Crippen molar-refractivity contribution in [3.05, 3.63) is 59.2 Å². The molecule has 0 heterocycles. The Morgan fingerprint density at radius 2 is 1.80 bits per heavy atom. The molecule has 0 aromatic heterocycles. The van der Waals surface area contributed by atoms with Crippen LogP contribution >= 0.6 is 0 Å². The number of benzene rings is 2. The number of carbonyl (C=O) groups excluding carboxylic acids is 1. The standard InChI is InChI=1S/C21H27NO3/c1-14(2)18-8-6-7-15(3)20(18)22-19(23)13-25-17-11-9-16(10-12-17)21(4,5)24/h6-12,14,24H,13H2,1-5H3,(H,22,23). The highest BCUT2D eigenvalue weighted by Gasteiger charge is 2.16. The van der Waals surface area contributed by atoms with Crippen molar-refractivity contribution >= 4 is 11.6 Å². The van der Waals surface area contributed by atoms with E-state index in [2.05, 4.69) is 19.2 Å². The monoisotopic (exact) mass is 341 g/mol. The average Bonchev–Trinajstić information content (AvgIpc) is 2.54. The fourth-order valence-electron chi connectivity index (χ4n) is 2.63. The molecule has 4 heteroatoms. The van der Waals surface area contributed by atoms with Gasteiger partial charge in [0.15, 0.2) is 6.61 Å². The molecule has 0 aliphatic carbocycles. The van der Waals surface area contributed by atoms with Gasteiger partial charge < -0.3 is 15.2 Å². The van der Waals surface area contributed by atoms with Gasteiger partial charge in [0, 0.05) is 5.69 Å². The minimum absolute atomic E-state index is 0.0618. The summed E-state index contributed by atoms with van der Waals surface area (Å²) in [5.41, 5.74) is 2.92. The van der Waals surface area contributed by atoms with Gasteiger partial charge in [0.25, 0.3) is 5.91 Å². The number of hydrogen-bond donors (Lipinski definition) is 2. The molecule has 1 amide bonds. The smallest absolute Gasteiger partial charge is 0.262 e.